The first-order valence-electron chi connectivity index (χ1n) is 9.16. The number of thioether (sulfide) groups is 1. The molecule has 1 aliphatic rings. The summed E-state index contributed by atoms with van der Waals surface area (Å²) < 4.78 is 6.21. The van der Waals surface area contributed by atoms with Gasteiger partial charge in [-0.25, -0.2) is 4.79 Å². The maximum atomic E-state index is 12.9. The number of carbonyl (C=O) groups is 3. The maximum Gasteiger partial charge on any atom is 0.335 e. The fraction of sp³-hybridized carbons (Fsp3) is 0.0435. The molecule has 8 heteroatoms. The number of hydrogen-bond donors (Lipinski definition) is 1. The molecule has 3 aromatic rings. The summed E-state index contributed by atoms with van der Waals surface area (Å²) in [6.07, 6.45) is 1.60. The Hall–Kier alpha value is -3.49. The zero-order valence-electron chi connectivity index (χ0n) is 16.2. The first-order valence-corrected chi connectivity index (χ1v) is 10.4. The van der Waals surface area contributed by atoms with Crippen LogP contribution in [0.15, 0.2) is 70.0 Å². The lowest BCUT2D eigenvalue weighted by molar-refractivity contribution is -0.113. The minimum atomic E-state index is -1.04. The van der Waals surface area contributed by atoms with Crippen LogP contribution in [0.2, 0.25) is 0 Å². The van der Waals surface area contributed by atoms with E-state index in [2.05, 4.69) is 0 Å². The molecule has 0 saturated carbocycles. The number of nitrogens with zero attached hydrogens (tertiary/aromatic N) is 1. The normalized spacial score (nSPS) is 15.0. The van der Waals surface area contributed by atoms with Crippen LogP contribution in [0.25, 0.3) is 17.4 Å². The summed E-state index contributed by atoms with van der Waals surface area (Å²) in [5, 5.41) is 9.03. The number of carboxylic acid groups (broad SMARTS) is 1. The Morgan fingerprint density at radius 3 is 2.45 bits per heavy atom. The maximum absolute atomic E-state index is 12.9. The molecule has 0 radical (unpaired) electrons. The van der Waals surface area contributed by atoms with Gasteiger partial charge in [0.1, 0.15) is 11.5 Å². The fourth-order valence-corrected chi connectivity index (χ4v) is 4.43. The molecular formula is C23H15NO5S2. The van der Waals surface area contributed by atoms with Crippen molar-refractivity contribution in [3.05, 3.63) is 82.5 Å². The van der Waals surface area contributed by atoms with Gasteiger partial charge in [0, 0.05) is 17.2 Å². The molecule has 0 aliphatic carbocycles. The van der Waals surface area contributed by atoms with Crippen LogP contribution in [0.3, 0.4) is 0 Å². The van der Waals surface area contributed by atoms with Gasteiger partial charge < -0.3 is 9.52 Å². The Labute approximate surface area is 187 Å². The summed E-state index contributed by atoms with van der Waals surface area (Å²) >= 11 is 6.48. The third kappa shape index (κ3) is 4.08. The van der Waals surface area contributed by atoms with E-state index in [1.54, 1.807) is 48.5 Å². The van der Waals surface area contributed by atoms with Crippen molar-refractivity contribution >= 4 is 57.7 Å². The predicted molar refractivity (Wildman–Crippen MR) is 123 cm³/mol. The van der Waals surface area contributed by atoms with Crippen LogP contribution < -0.4 is 4.90 Å². The Morgan fingerprint density at radius 1 is 1.06 bits per heavy atom. The number of hydrogen-bond acceptors (Lipinski definition) is 6. The number of benzene rings is 2. The van der Waals surface area contributed by atoms with Crippen molar-refractivity contribution in [1.82, 2.24) is 0 Å². The SMILES string of the molecule is CC(=O)c1ccccc1-c1ccc(/C=C2/SC(=S)N(c3ccc(C(=O)O)cc3)C2=O)o1. The molecule has 1 fully saturated rings. The van der Waals surface area contributed by atoms with Crippen molar-refractivity contribution in [2.75, 3.05) is 4.90 Å². The summed E-state index contributed by atoms with van der Waals surface area (Å²) in [6, 6.07) is 16.6. The van der Waals surface area contributed by atoms with Gasteiger partial charge in [-0.15, -0.1) is 0 Å². The molecule has 1 amide bonds. The number of amides is 1. The molecule has 1 aliphatic heterocycles. The molecule has 2 heterocycles. The number of furan rings is 1. The molecule has 154 valence electrons. The number of carboxylic acids is 1. The van der Waals surface area contributed by atoms with Gasteiger partial charge in [-0.1, -0.05) is 48.2 Å². The second kappa shape index (κ2) is 8.33. The van der Waals surface area contributed by atoms with E-state index < -0.39 is 5.97 Å². The monoisotopic (exact) mass is 449 g/mol. The van der Waals surface area contributed by atoms with Crippen LogP contribution in [-0.2, 0) is 4.79 Å². The van der Waals surface area contributed by atoms with E-state index in [-0.39, 0.29) is 17.3 Å². The largest absolute Gasteiger partial charge is 0.478 e. The van der Waals surface area contributed by atoms with E-state index in [1.165, 1.54) is 24.0 Å². The molecule has 1 saturated heterocycles. The minimum Gasteiger partial charge on any atom is -0.478 e. The first-order chi connectivity index (χ1) is 14.8. The third-order valence-corrected chi connectivity index (χ3v) is 5.94. The molecule has 0 bridgehead atoms. The number of thiocarbonyl (C=S) groups is 1. The molecule has 31 heavy (non-hydrogen) atoms. The van der Waals surface area contributed by atoms with Crippen molar-refractivity contribution in [2.45, 2.75) is 6.92 Å². The van der Waals surface area contributed by atoms with Gasteiger partial charge in [-0.3, -0.25) is 14.5 Å². The van der Waals surface area contributed by atoms with Crippen LogP contribution in [0.1, 0.15) is 33.4 Å². The average Bonchev–Trinajstić information content (AvgIpc) is 3.32. The lowest BCUT2D eigenvalue weighted by Crippen LogP contribution is -2.27. The molecular weight excluding hydrogens is 434 g/mol. The van der Waals surface area contributed by atoms with Gasteiger partial charge >= 0.3 is 5.97 Å². The van der Waals surface area contributed by atoms with E-state index in [0.717, 1.165) is 11.8 Å². The number of ketones is 1. The molecule has 0 unspecified atom stereocenters. The first kappa shape index (κ1) is 20.8. The number of Topliss-reactive ketones (excluding diaryl/α,β-unsaturated/α-hetero) is 1. The fourth-order valence-electron chi connectivity index (χ4n) is 3.15. The number of rotatable bonds is 5. The quantitative estimate of drug-likeness (QED) is 0.323. The number of anilines is 1. The summed E-state index contributed by atoms with van der Waals surface area (Å²) in [4.78, 5) is 37.6. The highest BCUT2D eigenvalue weighted by atomic mass is 32.2. The molecule has 1 aromatic heterocycles. The van der Waals surface area contributed by atoms with Crippen LogP contribution in [0.4, 0.5) is 5.69 Å². The van der Waals surface area contributed by atoms with Crippen LogP contribution in [-0.4, -0.2) is 27.1 Å². The zero-order chi connectivity index (χ0) is 22.1. The van der Waals surface area contributed by atoms with E-state index in [9.17, 15) is 14.4 Å². The van der Waals surface area contributed by atoms with Crippen molar-refractivity contribution in [1.29, 1.82) is 0 Å². The molecule has 1 N–H and O–H groups in total. The summed E-state index contributed by atoms with van der Waals surface area (Å²) in [7, 11) is 0. The molecule has 6 nitrogen and oxygen atoms in total. The van der Waals surface area contributed by atoms with Crippen molar-refractivity contribution < 1.29 is 23.9 Å². The number of carbonyl (C=O) groups excluding carboxylic acids is 2. The standard InChI is InChI=1S/C23H15NO5S2/c1-13(25)17-4-2-3-5-18(17)19-11-10-16(29-19)12-20-21(26)24(23(30)31-20)15-8-6-14(7-9-15)22(27)28/h2-12H,1H3,(H,27,28)/b20-12+. The van der Waals surface area contributed by atoms with Crippen molar-refractivity contribution in [2.24, 2.45) is 0 Å². The van der Waals surface area contributed by atoms with Gasteiger partial charge in [0.05, 0.1) is 16.2 Å². The number of aromatic carboxylic acids is 1. The van der Waals surface area contributed by atoms with Crippen LogP contribution in [0, 0.1) is 0 Å². The van der Waals surface area contributed by atoms with Crippen molar-refractivity contribution in [3.63, 3.8) is 0 Å². The van der Waals surface area contributed by atoms with Gasteiger partial charge in [0.2, 0.25) is 0 Å². The molecule has 0 atom stereocenters. The Morgan fingerprint density at radius 2 is 1.77 bits per heavy atom. The highest BCUT2D eigenvalue weighted by Crippen LogP contribution is 2.37. The summed E-state index contributed by atoms with van der Waals surface area (Å²) in [5.74, 6) is -0.452. The van der Waals surface area contributed by atoms with Crippen molar-refractivity contribution in [3.8, 4) is 11.3 Å². The highest BCUT2D eigenvalue weighted by molar-refractivity contribution is 8.27. The lowest BCUT2D eigenvalue weighted by Gasteiger charge is -2.14. The minimum absolute atomic E-state index is 0.0664. The van der Waals surface area contributed by atoms with E-state index >= 15 is 0 Å². The molecule has 0 spiro atoms. The van der Waals surface area contributed by atoms with Gasteiger partial charge in [0.25, 0.3) is 5.91 Å². The van der Waals surface area contributed by atoms with Crippen LogP contribution in [0.5, 0.6) is 0 Å². The molecule has 2 aromatic carbocycles. The molecule has 4 rings (SSSR count). The summed E-state index contributed by atoms with van der Waals surface area (Å²) in [6.45, 7) is 1.50. The van der Waals surface area contributed by atoms with Gasteiger partial charge in [0.15, 0.2) is 10.1 Å². The smallest absolute Gasteiger partial charge is 0.335 e. The summed E-state index contributed by atoms with van der Waals surface area (Å²) in [5.41, 5.74) is 1.85. The lowest BCUT2D eigenvalue weighted by atomic mass is 10.0. The van der Waals surface area contributed by atoms with E-state index in [0.29, 0.717) is 37.6 Å². The zero-order valence-corrected chi connectivity index (χ0v) is 17.8. The predicted octanol–water partition coefficient (Wildman–Crippen LogP) is 5.25. The Balaban J connectivity index is 1.61. The topological polar surface area (TPSA) is 87.8 Å². The second-order valence-electron chi connectivity index (χ2n) is 6.67. The highest BCUT2D eigenvalue weighted by Gasteiger charge is 2.33. The average molecular weight is 450 g/mol. The second-order valence-corrected chi connectivity index (χ2v) is 8.35. The van der Waals surface area contributed by atoms with Gasteiger partial charge in [-0.05, 0) is 43.3 Å². The Bertz CT molecular complexity index is 1260. The third-order valence-electron chi connectivity index (χ3n) is 4.64. The van der Waals surface area contributed by atoms with E-state index in [1.807, 2.05) is 6.07 Å². The van der Waals surface area contributed by atoms with E-state index in [4.69, 9.17) is 21.7 Å². The Kier molecular flexibility index (Phi) is 5.58. The van der Waals surface area contributed by atoms with Crippen LogP contribution >= 0.6 is 24.0 Å². The van der Waals surface area contributed by atoms with Gasteiger partial charge in [-0.2, -0.15) is 0 Å².